The van der Waals surface area contributed by atoms with Crippen molar-refractivity contribution in [2.24, 2.45) is 0 Å². The molecule has 0 aromatic rings. The Hall–Kier alpha value is 1.11. The van der Waals surface area contributed by atoms with Crippen molar-refractivity contribution in [3.63, 3.8) is 0 Å². The van der Waals surface area contributed by atoms with Crippen LogP contribution in [0.1, 0.15) is 13.8 Å². The molecule has 0 saturated carbocycles. The standard InChI is InChI=1S/C4H10O3P.Sn/c1-3-6-8(5)7-4-2;/h3-4H2,1-2H3;/q-1;+1. The first kappa shape index (κ1) is 12.8. The smallest absolute Gasteiger partial charge is 0.786 e. The summed E-state index contributed by atoms with van der Waals surface area (Å²) >= 11 is 0. The van der Waals surface area contributed by atoms with Crippen LogP contribution < -0.4 is 4.89 Å². The van der Waals surface area contributed by atoms with Gasteiger partial charge in [-0.05, 0) is 13.8 Å². The molecule has 0 fully saturated rings. The van der Waals surface area contributed by atoms with E-state index in [0.717, 1.165) is 0 Å². The van der Waals surface area contributed by atoms with E-state index in [2.05, 4.69) is 9.05 Å². The first-order valence-electron chi connectivity index (χ1n) is 2.54. The second-order valence-corrected chi connectivity index (χ2v) is 2.02. The molecule has 0 saturated heterocycles. The van der Waals surface area contributed by atoms with Crippen molar-refractivity contribution in [3.8, 4) is 0 Å². The summed E-state index contributed by atoms with van der Waals surface area (Å²) in [7, 11) is -1.83. The molecule has 5 heteroatoms. The van der Waals surface area contributed by atoms with Crippen molar-refractivity contribution >= 4 is 32.5 Å². The second-order valence-electron chi connectivity index (χ2n) is 1.06. The Morgan fingerprint density at radius 3 is 1.78 bits per heavy atom. The molecule has 0 aromatic carbocycles. The minimum Gasteiger partial charge on any atom is -0.786 e. The number of hydrogen-bond donors (Lipinski definition) is 0. The van der Waals surface area contributed by atoms with E-state index in [9.17, 15) is 4.89 Å². The average molecular weight is 256 g/mol. The summed E-state index contributed by atoms with van der Waals surface area (Å²) in [5, 5.41) is 0. The van der Waals surface area contributed by atoms with Crippen molar-refractivity contribution in [2.75, 3.05) is 13.2 Å². The van der Waals surface area contributed by atoms with Crippen LogP contribution in [-0.4, -0.2) is 37.1 Å². The molecular formula is C4H10O3PSn. The summed E-state index contributed by atoms with van der Waals surface area (Å²) in [5.41, 5.74) is 0. The van der Waals surface area contributed by atoms with Gasteiger partial charge in [0.25, 0.3) is 0 Å². The zero-order valence-corrected chi connectivity index (χ0v) is 9.33. The first-order chi connectivity index (χ1) is 3.81. The van der Waals surface area contributed by atoms with Crippen molar-refractivity contribution < 1.29 is 13.9 Å². The normalized spacial score (nSPS) is 9.33. The maximum absolute atomic E-state index is 10.3. The molecule has 3 nitrogen and oxygen atoms in total. The van der Waals surface area contributed by atoms with E-state index in [1.807, 2.05) is 0 Å². The predicted molar refractivity (Wildman–Crippen MR) is 35.9 cm³/mol. The van der Waals surface area contributed by atoms with Gasteiger partial charge in [-0.15, -0.1) is 0 Å². The monoisotopic (exact) mass is 257 g/mol. The van der Waals surface area contributed by atoms with Gasteiger partial charge in [0, 0.05) is 13.2 Å². The molecule has 0 unspecified atom stereocenters. The Morgan fingerprint density at radius 2 is 1.56 bits per heavy atom. The van der Waals surface area contributed by atoms with Gasteiger partial charge in [-0.3, -0.25) is 0 Å². The van der Waals surface area contributed by atoms with E-state index < -0.39 is 8.60 Å². The summed E-state index contributed by atoms with van der Waals surface area (Å²) in [5.74, 6) is 0. The molecule has 0 amide bonds. The molecule has 0 rings (SSSR count). The number of rotatable bonds is 4. The zero-order chi connectivity index (χ0) is 6.41. The van der Waals surface area contributed by atoms with Gasteiger partial charge < -0.3 is 13.9 Å². The van der Waals surface area contributed by atoms with Gasteiger partial charge in [0.05, 0.1) is 8.60 Å². The van der Waals surface area contributed by atoms with Gasteiger partial charge in [-0.1, -0.05) is 0 Å². The van der Waals surface area contributed by atoms with Gasteiger partial charge in [-0.2, -0.15) is 0 Å². The van der Waals surface area contributed by atoms with Crippen LogP contribution in [0.25, 0.3) is 0 Å². The van der Waals surface area contributed by atoms with Gasteiger partial charge in [0.2, 0.25) is 0 Å². The van der Waals surface area contributed by atoms with Crippen LogP contribution in [0.15, 0.2) is 0 Å². The molecule has 3 radical (unpaired) electrons. The van der Waals surface area contributed by atoms with Crippen molar-refractivity contribution in [1.82, 2.24) is 0 Å². The van der Waals surface area contributed by atoms with Crippen molar-refractivity contribution in [2.45, 2.75) is 13.8 Å². The summed E-state index contributed by atoms with van der Waals surface area (Å²) in [6.45, 7) is 4.42. The minimum atomic E-state index is -1.83. The molecule has 9 heavy (non-hydrogen) atoms. The third-order valence-corrected chi connectivity index (χ3v) is 1.41. The van der Waals surface area contributed by atoms with Crippen LogP contribution in [0.4, 0.5) is 0 Å². The van der Waals surface area contributed by atoms with E-state index in [1.165, 1.54) is 0 Å². The Morgan fingerprint density at radius 1 is 1.22 bits per heavy atom. The molecule has 0 aliphatic heterocycles. The van der Waals surface area contributed by atoms with E-state index in [4.69, 9.17) is 0 Å². The summed E-state index contributed by atoms with van der Waals surface area (Å²) in [6.07, 6.45) is 0. The summed E-state index contributed by atoms with van der Waals surface area (Å²) < 4.78 is 9.14. The molecule has 0 aliphatic carbocycles. The molecule has 0 heterocycles. The first-order valence-corrected chi connectivity index (χ1v) is 3.63. The Kier molecular flexibility index (Phi) is 12.9. The molecule has 0 atom stereocenters. The fraction of sp³-hybridized carbons (Fsp3) is 1.00. The van der Waals surface area contributed by atoms with E-state index >= 15 is 0 Å². The van der Waals surface area contributed by atoms with Gasteiger partial charge in [0.15, 0.2) is 0 Å². The van der Waals surface area contributed by atoms with Crippen LogP contribution in [0.3, 0.4) is 0 Å². The molecule has 53 valence electrons. The van der Waals surface area contributed by atoms with Crippen LogP contribution in [0, 0.1) is 0 Å². The maximum Gasteiger partial charge on any atom is 1.00 e. The molecule has 0 aromatic heterocycles. The van der Waals surface area contributed by atoms with Crippen LogP contribution in [0.5, 0.6) is 0 Å². The van der Waals surface area contributed by atoms with E-state index in [1.54, 1.807) is 13.8 Å². The summed E-state index contributed by atoms with van der Waals surface area (Å²) in [4.78, 5) is 10.3. The topological polar surface area (TPSA) is 41.5 Å². The Labute approximate surface area is 73.7 Å². The third-order valence-electron chi connectivity index (χ3n) is 0.469. The Balaban J connectivity index is 0. The van der Waals surface area contributed by atoms with Crippen molar-refractivity contribution in [1.29, 1.82) is 0 Å². The predicted octanol–water partition coefficient (Wildman–Crippen LogP) is 0.266. The quantitative estimate of drug-likeness (QED) is 0.535. The third kappa shape index (κ3) is 9.11. The van der Waals surface area contributed by atoms with Crippen LogP contribution in [0.2, 0.25) is 0 Å². The summed E-state index contributed by atoms with van der Waals surface area (Å²) in [6, 6.07) is 0. The van der Waals surface area contributed by atoms with E-state index in [-0.39, 0.29) is 23.9 Å². The average Bonchev–Trinajstić information content (AvgIpc) is 1.68. The van der Waals surface area contributed by atoms with Gasteiger partial charge in [0.1, 0.15) is 0 Å². The van der Waals surface area contributed by atoms with E-state index in [0.29, 0.717) is 13.2 Å². The zero-order valence-electron chi connectivity index (χ0n) is 5.59. The Bertz CT molecular complexity index is 49.1. The van der Waals surface area contributed by atoms with Crippen LogP contribution in [-0.2, 0) is 9.05 Å². The van der Waals surface area contributed by atoms with Crippen molar-refractivity contribution in [3.05, 3.63) is 0 Å². The molecule has 0 bridgehead atoms. The fourth-order valence-electron chi connectivity index (χ4n) is 0.248. The minimum absolute atomic E-state index is 0. The molecule has 0 spiro atoms. The molecule has 0 aliphatic rings. The molecule has 0 N–H and O–H groups in total. The van der Waals surface area contributed by atoms with Gasteiger partial charge >= 0.3 is 23.9 Å². The fourth-order valence-corrected chi connectivity index (χ4v) is 0.744. The van der Waals surface area contributed by atoms with Crippen LogP contribution >= 0.6 is 8.60 Å². The molecular weight excluding hydrogens is 246 g/mol. The maximum atomic E-state index is 10.3. The second kappa shape index (κ2) is 9.11. The number of hydrogen-bond acceptors (Lipinski definition) is 3. The largest absolute Gasteiger partial charge is 1.00 e. The van der Waals surface area contributed by atoms with Gasteiger partial charge in [-0.25, -0.2) is 0 Å². The SMILES string of the molecule is CCOP([O-])OCC.[Sn+].